The lowest BCUT2D eigenvalue weighted by molar-refractivity contribution is -0.137. The van der Waals surface area contributed by atoms with Crippen LogP contribution in [0.1, 0.15) is 76.0 Å². The Kier molecular flexibility index (Phi) is 6.42. The van der Waals surface area contributed by atoms with Crippen molar-refractivity contribution >= 4 is 22.7 Å². The van der Waals surface area contributed by atoms with Crippen molar-refractivity contribution in [1.82, 2.24) is 10.1 Å². The highest BCUT2D eigenvalue weighted by molar-refractivity contribution is 8.25. The molecule has 2 heterocycles. The average Bonchev–Trinajstić information content (AvgIpc) is 3.20. The summed E-state index contributed by atoms with van der Waals surface area (Å²) in [4.78, 5) is 15.5. The number of carbonyl (C=O) groups is 1. The standard InChI is InChI=1S/C17H29N3O5S/c21-15(22)12-14(9-4-8-13-6-2-1-3-7-13)16-18-17(19-25-16)20-10-5-11-26(20,23)24/h13-14,23-24H,1-12H2,(H,21,22)/t14-/m1/s1. The van der Waals surface area contributed by atoms with Crippen LogP contribution >= 0.6 is 10.8 Å². The molecule has 0 spiro atoms. The van der Waals surface area contributed by atoms with Crippen LogP contribution in [0.4, 0.5) is 5.95 Å². The Hall–Kier alpha value is -1.32. The molecule has 148 valence electrons. The van der Waals surface area contributed by atoms with Crippen molar-refractivity contribution < 1.29 is 23.5 Å². The van der Waals surface area contributed by atoms with Crippen LogP contribution in [0.15, 0.2) is 4.52 Å². The second-order valence-corrected chi connectivity index (χ2v) is 9.57. The van der Waals surface area contributed by atoms with Crippen molar-refractivity contribution in [2.24, 2.45) is 5.92 Å². The van der Waals surface area contributed by atoms with Gasteiger partial charge in [-0.3, -0.25) is 13.9 Å². The molecule has 1 atom stereocenters. The molecule has 9 heteroatoms. The summed E-state index contributed by atoms with van der Waals surface area (Å²) in [6, 6.07) is 0. The molecule has 0 unspecified atom stereocenters. The maximum atomic E-state index is 11.2. The molecule has 0 aromatic carbocycles. The molecule has 2 aliphatic rings. The molecule has 3 N–H and O–H groups in total. The van der Waals surface area contributed by atoms with Gasteiger partial charge in [-0.1, -0.05) is 44.9 Å². The van der Waals surface area contributed by atoms with Gasteiger partial charge in [0, 0.05) is 12.5 Å². The van der Waals surface area contributed by atoms with Crippen molar-refractivity contribution in [2.75, 3.05) is 16.6 Å². The second kappa shape index (κ2) is 8.58. The van der Waals surface area contributed by atoms with E-state index in [9.17, 15) is 19.0 Å². The van der Waals surface area contributed by atoms with Gasteiger partial charge in [0.1, 0.15) is 0 Å². The number of nitrogens with zero attached hydrogens (tertiary/aromatic N) is 3. The molecule has 1 aromatic heterocycles. The molecule has 2 fully saturated rings. The number of rotatable bonds is 8. The van der Waals surface area contributed by atoms with Crippen LogP contribution in [0.3, 0.4) is 0 Å². The molecule has 0 bridgehead atoms. The molecule has 8 nitrogen and oxygen atoms in total. The molecule has 1 aliphatic heterocycles. The van der Waals surface area contributed by atoms with E-state index in [1.807, 2.05) is 0 Å². The molecule has 0 amide bonds. The molecule has 1 aliphatic carbocycles. The van der Waals surface area contributed by atoms with E-state index in [1.165, 1.54) is 36.4 Å². The lowest BCUT2D eigenvalue weighted by Gasteiger charge is -2.35. The Bertz CT molecular complexity index is 603. The van der Waals surface area contributed by atoms with Gasteiger partial charge in [0.15, 0.2) is 0 Å². The van der Waals surface area contributed by atoms with Crippen LogP contribution in [-0.4, -0.2) is 42.6 Å². The Labute approximate surface area is 155 Å². The van der Waals surface area contributed by atoms with Crippen molar-refractivity contribution in [1.29, 1.82) is 0 Å². The van der Waals surface area contributed by atoms with Crippen LogP contribution in [-0.2, 0) is 4.79 Å². The molecule has 3 rings (SSSR count). The van der Waals surface area contributed by atoms with Gasteiger partial charge in [0.05, 0.1) is 12.2 Å². The Balaban J connectivity index is 1.61. The first-order chi connectivity index (χ1) is 12.5. The van der Waals surface area contributed by atoms with Gasteiger partial charge in [-0.15, -0.1) is 10.8 Å². The summed E-state index contributed by atoms with van der Waals surface area (Å²) in [5.74, 6) is 0.273. The first-order valence-corrected chi connectivity index (χ1v) is 11.2. The Morgan fingerprint density at radius 3 is 2.69 bits per heavy atom. The first kappa shape index (κ1) is 19.4. The third-order valence-electron chi connectivity index (χ3n) is 5.45. The van der Waals surface area contributed by atoms with Gasteiger partial charge >= 0.3 is 5.97 Å². The zero-order valence-electron chi connectivity index (χ0n) is 15.0. The van der Waals surface area contributed by atoms with E-state index in [4.69, 9.17) is 4.52 Å². The van der Waals surface area contributed by atoms with Crippen LogP contribution < -0.4 is 4.31 Å². The zero-order valence-corrected chi connectivity index (χ0v) is 15.9. The maximum absolute atomic E-state index is 11.2. The third-order valence-corrected chi connectivity index (χ3v) is 7.33. The summed E-state index contributed by atoms with van der Waals surface area (Å²) in [5.41, 5.74) is 0. The Morgan fingerprint density at radius 1 is 1.27 bits per heavy atom. The van der Waals surface area contributed by atoms with Crippen molar-refractivity contribution in [2.45, 2.75) is 70.1 Å². The van der Waals surface area contributed by atoms with Crippen LogP contribution in [0.5, 0.6) is 0 Å². The predicted molar refractivity (Wildman–Crippen MR) is 99.4 cm³/mol. The quantitative estimate of drug-likeness (QED) is 0.605. The minimum absolute atomic E-state index is 0.0530. The smallest absolute Gasteiger partial charge is 0.304 e. The average molecular weight is 388 g/mol. The fourth-order valence-corrected chi connectivity index (χ4v) is 5.53. The van der Waals surface area contributed by atoms with Crippen LogP contribution in [0.25, 0.3) is 0 Å². The predicted octanol–water partition coefficient (Wildman–Crippen LogP) is 4.25. The highest BCUT2D eigenvalue weighted by atomic mass is 32.3. The van der Waals surface area contributed by atoms with Crippen molar-refractivity contribution in [3.05, 3.63) is 5.89 Å². The molecular weight excluding hydrogens is 358 g/mol. The summed E-state index contributed by atoms with van der Waals surface area (Å²) in [6.07, 6.45) is 9.86. The number of carboxylic acid groups (broad SMARTS) is 1. The highest BCUT2D eigenvalue weighted by Crippen LogP contribution is 2.50. The molecule has 1 aromatic rings. The fraction of sp³-hybridized carbons (Fsp3) is 0.824. The number of carboxylic acids is 1. The topological polar surface area (TPSA) is 120 Å². The largest absolute Gasteiger partial charge is 0.481 e. The van der Waals surface area contributed by atoms with Gasteiger partial charge < -0.3 is 9.63 Å². The lowest BCUT2D eigenvalue weighted by Crippen LogP contribution is -2.23. The van der Waals surface area contributed by atoms with E-state index >= 15 is 0 Å². The minimum Gasteiger partial charge on any atom is -0.481 e. The van der Waals surface area contributed by atoms with Gasteiger partial charge in [0.2, 0.25) is 5.89 Å². The second-order valence-electron chi connectivity index (χ2n) is 7.45. The van der Waals surface area contributed by atoms with E-state index in [0.717, 1.165) is 18.8 Å². The van der Waals surface area contributed by atoms with Gasteiger partial charge in [-0.2, -0.15) is 4.98 Å². The summed E-state index contributed by atoms with van der Waals surface area (Å²) >= 11 is 0. The molecule has 1 saturated heterocycles. The fourth-order valence-electron chi connectivity index (χ4n) is 4.04. The maximum Gasteiger partial charge on any atom is 0.304 e. The van der Waals surface area contributed by atoms with Gasteiger partial charge in [0.25, 0.3) is 5.95 Å². The van der Waals surface area contributed by atoms with Crippen molar-refractivity contribution in [3.8, 4) is 0 Å². The van der Waals surface area contributed by atoms with E-state index in [2.05, 4.69) is 10.1 Å². The molecule has 0 radical (unpaired) electrons. The number of aliphatic carboxylic acids is 1. The number of hydrogen-bond donors (Lipinski definition) is 3. The first-order valence-electron chi connectivity index (χ1n) is 9.54. The van der Waals surface area contributed by atoms with Gasteiger partial charge in [-0.25, -0.2) is 4.31 Å². The van der Waals surface area contributed by atoms with Crippen LogP contribution in [0, 0.1) is 5.92 Å². The lowest BCUT2D eigenvalue weighted by atomic mass is 9.84. The normalized spacial score (nSPS) is 23.1. The summed E-state index contributed by atoms with van der Waals surface area (Å²) in [7, 11) is -2.88. The third kappa shape index (κ3) is 4.89. The zero-order chi connectivity index (χ0) is 18.6. The van der Waals surface area contributed by atoms with E-state index < -0.39 is 16.7 Å². The van der Waals surface area contributed by atoms with Crippen molar-refractivity contribution in [3.63, 3.8) is 0 Å². The van der Waals surface area contributed by atoms with Gasteiger partial charge in [-0.05, 0) is 23.9 Å². The molecular formula is C17H29N3O5S. The number of anilines is 1. The number of aromatic nitrogens is 2. The molecule has 1 saturated carbocycles. The summed E-state index contributed by atoms with van der Waals surface area (Å²) in [6.45, 7) is 0.465. The van der Waals surface area contributed by atoms with E-state index in [-0.39, 0.29) is 24.2 Å². The number of hydrogen-bond acceptors (Lipinski definition) is 7. The van der Waals surface area contributed by atoms with Crippen LogP contribution in [0.2, 0.25) is 0 Å². The Morgan fingerprint density at radius 2 is 2.04 bits per heavy atom. The van der Waals surface area contributed by atoms with E-state index in [0.29, 0.717) is 25.1 Å². The SMILES string of the molecule is O=C(O)C[C@@H](CCCC1CCCCC1)c1nc(N2CCCS2(O)O)no1. The highest BCUT2D eigenvalue weighted by Gasteiger charge is 2.33. The summed E-state index contributed by atoms with van der Waals surface area (Å²) in [5, 5.41) is 13.1. The summed E-state index contributed by atoms with van der Waals surface area (Å²) < 4.78 is 26.7. The molecule has 26 heavy (non-hydrogen) atoms. The monoisotopic (exact) mass is 387 g/mol. The minimum atomic E-state index is -2.88. The van der Waals surface area contributed by atoms with E-state index in [1.54, 1.807) is 0 Å².